The van der Waals surface area contributed by atoms with Gasteiger partial charge in [-0.2, -0.15) is 0 Å². The van der Waals surface area contributed by atoms with Crippen LogP contribution in [0, 0.1) is 6.92 Å². The minimum Gasteiger partial charge on any atom is -0.383 e. The molecule has 0 fully saturated rings. The van der Waals surface area contributed by atoms with E-state index in [1.807, 2.05) is 0 Å². The van der Waals surface area contributed by atoms with E-state index in [9.17, 15) is 4.79 Å². The van der Waals surface area contributed by atoms with Gasteiger partial charge >= 0.3 is 0 Å². The lowest BCUT2D eigenvalue weighted by Gasteiger charge is -2.06. The van der Waals surface area contributed by atoms with E-state index >= 15 is 0 Å². The Kier molecular flexibility index (Phi) is 2.57. The average Bonchev–Trinajstić information content (AvgIpc) is 2.01. The van der Waals surface area contributed by atoms with Gasteiger partial charge in [-0.3, -0.25) is 4.79 Å². The van der Waals surface area contributed by atoms with Crippen LogP contribution in [0.5, 0.6) is 0 Å². The number of carbonyl (C=O) groups is 1. The molecule has 1 heterocycles. The second kappa shape index (κ2) is 3.49. The predicted octanol–water partition coefficient (Wildman–Crippen LogP) is 0.0285. The van der Waals surface area contributed by atoms with Crippen LogP contribution in [0.4, 0.5) is 5.82 Å². The molecule has 5 heteroatoms. The predicted molar refractivity (Wildman–Crippen MR) is 49.1 cm³/mol. The second-order valence-corrected chi connectivity index (χ2v) is 2.74. The number of Topliss-reactive ketones (excluding diaryl/α,β-unsaturated/α-hetero) is 1. The normalized spacial score (nSPS) is 10.1. The number of ketones is 1. The van der Waals surface area contributed by atoms with Gasteiger partial charge in [0.15, 0.2) is 5.78 Å². The van der Waals surface area contributed by atoms with Crippen LogP contribution in [0.15, 0.2) is 0 Å². The number of nitrogens with zero attached hydrogens (tertiary/aromatic N) is 2. The molecule has 1 aromatic heterocycles. The third kappa shape index (κ3) is 1.81. The molecule has 0 saturated carbocycles. The maximum Gasteiger partial charge on any atom is 0.165 e. The molecule has 0 bridgehead atoms. The Hall–Kier alpha value is -1.49. The van der Waals surface area contributed by atoms with Crippen LogP contribution in [-0.2, 0) is 6.54 Å². The summed E-state index contributed by atoms with van der Waals surface area (Å²) in [5.41, 5.74) is 11.9. The van der Waals surface area contributed by atoms with Gasteiger partial charge < -0.3 is 11.5 Å². The molecule has 13 heavy (non-hydrogen) atoms. The van der Waals surface area contributed by atoms with Crippen molar-refractivity contribution in [2.24, 2.45) is 5.73 Å². The Morgan fingerprint density at radius 2 is 2.08 bits per heavy atom. The van der Waals surface area contributed by atoms with E-state index in [2.05, 4.69) is 9.97 Å². The first-order valence-corrected chi connectivity index (χ1v) is 3.90. The molecule has 70 valence electrons. The fraction of sp³-hybridized carbons (Fsp3) is 0.375. The van der Waals surface area contributed by atoms with Crippen molar-refractivity contribution in [3.63, 3.8) is 0 Å². The minimum atomic E-state index is -0.155. The molecule has 0 spiro atoms. The number of nitrogen functional groups attached to an aromatic ring is 1. The van der Waals surface area contributed by atoms with Crippen LogP contribution >= 0.6 is 0 Å². The van der Waals surface area contributed by atoms with E-state index in [0.29, 0.717) is 17.1 Å². The number of nitrogens with two attached hydrogens (primary N) is 2. The molecule has 0 atom stereocenters. The number of hydrogen-bond donors (Lipinski definition) is 2. The first-order chi connectivity index (χ1) is 6.06. The van der Waals surface area contributed by atoms with Crippen molar-refractivity contribution in [3.05, 3.63) is 17.1 Å². The Labute approximate surface area is 76.2 Å². The summed E-state index contributed by atoms with van der Waals surface area (Å²) in [6.07, 6.45) is 0. The Morgan fingerprint density at radius 3 is 2.54 bits per heavy atom. The zero-order valence-electron chi connectivity index (χ0n) is 7.66. The fourth-order valence-electron chi connectivity index (χ4n) is 1.19. The highest BCUT2D eigenvalue weighted by Gasteiger charge is 2.13. The maximum absolute atomic E-state index is 11.1. The van der Waals surface area contributed by atoms with Gasteiger partial charge in [-0.05, 0) is 13.8 Å². The fourth-order valence-corrected chi connectivity index (χ4v) is 1.19. The number of aryl methyl sites for hydroxylation is 1. The monoisotopic (exact) mass is 180 g/mol. The quantitative estimate of drug-likeness (QED) is 0.626. The van der Waals surface area contributed by atoms with Crippen molar-refractivity contribution >= 4 is 11.6 Å². The molecule has 0 saturated heterocycles. The number of aromatic nitrogens is 2. The van der Waals surface area contributed by atoms with E-state index in [0.717, 1.165) is 0 Å². The first-order valence-electron chi connectivity index (χ1n) is 3.90. The van der Waals surface area contributed by atoms with Crippen LogP contribution in [-0.4, -0.2) is 15.8 Å². The Bertz CT molecular complexity index is 348. The molecule has 0 aromatic carbocycles. The van der Waals surface area contributed by atoms with Gasteiger partial charge in [-0.15, -0.1) is 0 Å². The molecule has 0 aliphatic carbocycles. The van der Waals surface area contributed by atoms with E-state index in [1.165, 1.54) is 6.92 Å². The van der Waals surface area contributed by atoms with Crippen molar-refractivity contribution < 1.29 is 4.79 Å². The molecular formula is C8H12N4O. The van der Waals surface area contributed by atoms with Crippen molar-refractivity contribution in [1.82, 2.24) is 9.97 Å². The van der Waals surface area contributed by atoms with Gasteiger partial charge in [-0.1, -0.05) is 0 Å². The average molecular weight is 180 g/mol. The minimum absolute atomic E-state index is 0.155. The smallest absolute Gasteiger partial charge is 0.165 e. The summed E-state index contributed by atoms with van der Waals surface area (Å²) in [6, 6.07) is 0. The van der Waals surface area contributed by atoms with Crippen LogP contribution < -0.4 is 11.5 Å². The third-order valence-electron chi connectivity index (χ3n) is 1.67. The van der Waals surface area contributed by atoms with Crippen molar-refractivity contribution in [3.8, 4) is 0 Å². The summed E-state index contributed by atoms with van der Waals surface area (Å²) in [4.78, 5) is 19.1. The third-order valence-corrected chi connectivity index (χ3v) is 1.67. The summed E-state index contributed by atoms with van der Waals surface area (Å²) in [6.45, 7) is 3.32. The highest BCUT2D eigenvalue weighted by molar-refractivity contribution is 5.99. The van der Waals surface area contributed by atoms with Crippen LogP contribution in [0.1, 0.15) is 28.8 Å². The van der Waals surface area contributed by atoms with Gasteiger partial charge in [0, 0.05) is 6.54 Å². The summed E-state index contributed by atoms with van der Waals surface area (Å²) >= 11 is 0. The lowest BCUT2D eigenvalue weighted by atomic mass is 10.1. The first kappa shape index (κ1) is 9.60. The summed E-state index contributed by atoms with van der Waals surface area (Å²) in [7, 11) is 0. The van der Waals surface area contributed by atoms with Crippen molar-refractivity contribution in [1.29, 1.82) is 0 Å². The van der Waals surface area contributed by atoms with Crippen molar-refractivity contribution in [2.45, 2.75) is 20.4 Å². The Morgan fingerprint density at radius 1 is 1.46 bits per heavy atom. The summed E-state index contributed by atoms with van der Waals surface area (Å²) in [5.74, 6) is 0.585. The van der Waals surface area contributed by atoms with Crippen LogP contribution in [0.3, 0.4) is 0 Å². The molecular weight excluding hydrogens is 168 g/mol. The summed E-state index contributed by atoms with van der Waals surface area (Å²) < 4.78 is 0. The molecule has 1 aromatic rings. The molecule has 0 aliphatic rings. The lowest BCUT2D eigenvalue weighted by Crippen LogP contribution is -2.13. The Balaban J connectivity index is 3.38. The zero-order chi connectivity index (χ0) is 10.0. The second-order valence-electron chi connectivity index (χ2n) is 2.74. The molecule has 1 rings (SSSR count). The van der Waals surface area contributed by atoms with Gasteiger partial charge in [0.2, 0.25) is 0 Å². The molecule has 5 nitrogen and oxygen atoms in total. The molecule has 4 N–H and O–H groups in total. The van der Waals surface area contributed by atoms with E-state index in [1.54, 1.807) is 6.92 Å². The highest BCUT2D eigenvalue weighted by Crippen LogP contribution is 2.13. The van der Waals surface area contributed by atoms with E-state index in [-0.39, 0.29) is 18.1 Å². The van der Waals surface area contributed by atoms with Crippen LogP contribution in [0.2, 0.25) is 0 Å². The van der Waals surface area contributed by atoms with Gasteiger partial charge in [0.25, 0.3) is 0 Å². The molecule has 0 aliphatic heterocycles. The topological polar surface area (TPSA) is 94.9 Å². The van der Waals surface area contributed by atoms with Crippen LogP contribution in [0.25, 0.3) is 0 Å². The summed E-state index contributed by atoms with van der Waals surface area (Å²) in [5, 5.41) is 0. The largest absolute Gasteiger partial charge is 0.383 e. The van der Waals surface area contributed by atoms with Gasteiger partial charge in [0.1, 0.15) is 11.6 Å². The van der Waals surface area contributed by atoms with E-state index in [4.69, 9.17) is 11.5 Å². The highest BCUT2D eigenvalue weighted by atomic mass is 16.1. The maximum atomic E-state index is 11.1. The van der Waals surface area contributed by atoms with Gasteiger partial charge in [-0.25, -0.2) is 9.97 Å². The SMILES string of the molecule is CC(=O)c1c(N)nc(C)nc1CN. The number of anilines is 1. The van der Waals surface area contributed by atoms with Gasteiger partial charge in [0.05, 0.1) is 11.3 Å². The standard InChI is InChI=1S/C8H12N4O/c1-4(13)7-6(3-9)11-5(2)12-8(7)10/h3,9H2,1-2H3,(H2,10,11,12). The molecule has 0 radical (unpaired) electrons. The molecule has 0 amide bonds. The zero-order valence-corrected chi connectivity index (χ0v) is 7.66. The molecule has 0 unspecified atom stereocenters. The van der Waals surface area contributed by atoms with E-state index < -0.39 is 0 Å². The number of rotatable bonds is 2. The number of carbonyl (C=O) groups excluding carboxylic acids is 1. The van der Waals surface area contributed by atoms with Crippen molar-refractivity contribution in [2.75, 3.05) is 5.73 Å². The lowest BCUT2D eigenvalue weighted by molar-refractivity contribution is 0.101. The number of hydrogen-bond acceptors (Lipinski definition) is 5.